The number of aromatic nitrogens is 1. The van der Waals surface area contributed by atoms with Gasteiger partial charge < -0.3 is 0 Å². The van der Waals surface area contributed by atoms with E-state index in [1.54, 1.807) is 22.7 Å². The SMILES string of the molecule is C[n+]1cc2sccc2c2cscc21. The summed E-state index contributed by atoms with van der Waals surface area (Å²) in [7, 11) is 2.11. The van der Waals surface area contributed by atoms with Crippen molar-refractivity contribution >= 4 is 43.7 Å². The highest BCUT2D eigenvalue weighted by Gasteiger charge is 2.11. The van der Waals surface area contributed by atoms with E-state index in [2.05, 4.69) is 40.0 Å². The Morgan fingerprint density at radius 3 is 3.08 bits per heavy atom. The van der Waals surface area contributed by atoms with Gasteiger partial charge >= 0.3 is 0 Å². The number of hydrogen-bond donors (Lipinski definition) is 0. The van der Waals surface area contributed by atoms with E-state index in [1.165, 1.54) is 21.0 Å². The summed E-state index contributed by atoms with van der Waals surface area (Å²) in [6, 6.07) is 2.20. The topological polar surface area (TPSA) is 3.88 Å². The number of hydrogen-bond acceptors (Lipinski definition) is 2. The second-order valence-electron chi connectivity index (χ2n) is 3.11. The van der Waals surface area contributed by atoms with Gasteiger partial charge in [-0.05, 0) is 11.4 Å². The molecule has 3 rings (SSSR count). The van der Waals surface area contributed by atoms with Crippen LogP contribution in [0.1, 0.15) is 0 Å². The maximum absolute atomic E-state index is 2.23. The highest BCUT2D eigenvalue weighted by molar-refractivity contribution is 7.17. The molecule has 3 heterocycles. The summed E-state index contributed by atoms with van der Waals surface area (Å²) in [6.07, 6.45) is 2.20. The molecule has 64 valence electrons. The van der Waals surface area contributed by atoms with Gasteiger partial charge in [0.05, 0.1) is 15.5 Å². The van der Waals surface area contributed by atoms with Gasteiger partial charge in [-0.2, -0.15) is 4.57 Å². The van der Waals surface area contributed by atoms with Crippen molar-refractivity contribution in [3.63, 3.8) is 0 Å². The molecule has 0 amide bonds. The third-order valence-corrected chi connectivity index (χ3v) is 3.90. The van der Waals surface area contributed by atoms with Crippen LogP contribution in [0.5, 0.6) is 0 Å². The van der Waals surface area contributed by atoms with E-state index in [9.17, 15) is 0 Å². The van der Waals surface area contributed by atoms with Crippen LogP contribution in [0, 0.1) is 0 Å². The fourth-order valence-corrected chi connectivity index (χ4v) is 3.40. The molecule has 0 aliphatic rings. The van der Waals surface area contributed by atoms with E-state index in [0.29, 0.717) is 0 Å². The quantitative estimate of drug-likeness (QED) is 0.498. The van der Waals surface area contributed by atoms with Gasteiger partial charge in [0.2, 0.25) is 5.52 Å². The van der Waals surface area contributed by atoms with Crippen molar-refractivity contribution in [2.24, 2.45) is 7.05 Å². The van der Waals surface area contributed by atoms with Gasteiger partial charge in [0.15, 0.2) is 6.20 Å². The van der Waals surface area contributed by atoms with Gasteiger partial charge in [-0.15, -0.1) is 22.7 Å². The molecule has 0 aliphatic heterocycles. The molecule has 0 aliphatic carbocycles. The summed E-state index contributed by atoms with van der Waals surface area (Å²) in [4.78, 5) is 0. The first-order valence-corrected chi connectivity index (χ1v) is 5.90. The summed E-state index contributed by atoms with van der Waals surface area (Å²) in [5.74, 6) is 0. The molecule has 0 radical (unpaired) electrons. The Bertz CT molecular complexity index is 577. The molecule has 0 N–H and O–H groups in total. The second-order valence-corrected chi connectivity index (χ2v) is 4.80. The van der Waals surface area contributed by atoms with E-state index in [-0.39, 0.29) is 0 Å². The van der Waals surface area contributed by atoms with E-state index in [4.69, 9.17) is 0 Å². The standard InChI is InChI=1S/C10H8NS2/c1-11-4-10-7(2-3-13-10)8-5-12-6-9(8)11/h2-6H,1H3/q+1. The smallest absolute Gasteiger partial charge is 0.199 e. The highest BCUT2D eigenvalue weighted by Crippen LogP contribution is 2.28. The van der Waals surface area contributed by atoms with Crippen LogP contribution in [0.15, 0.2) is 28.4 Å². The lowest BCUT2D eigenvalue weighted by Gasteiger charge is -1.91. The minimum atomic E-state index is 1.33. The van der Waals surface area contributed by atoms with Crippen LogP contribution < -0.4 is 4.57 Å². The highest BCUT2D eigenvalue weighted by atomic mass is 32.1. The molecular formula is C10H8NS2+. The molecule has 3 heteroatoms. The van der Waals surface area contributed by atoms with Crippen molar-refractivity contribution in [3.05, 3.63) is 28.4 Å². The van der Waals surface area contributed by atoms with Crippen LogP contribution in [-0.4, -0.2) is 0 Å². The van der Waals surface area contributed by atoms with Crippen LogP contribution in [0.25, 0.3) is 21.0 Å². The number of pyridine rings is 1. The Morgan fingerprint density at radius 1 is 1.23 bits per heavy atom. The first kappa shape index (κ1) is 7.47. The summed E-state index contributed by atoms with van der Waals surface area (Å²) in [6.45, 7) is 0. The Labute approximate surface area is 83.9 Å². The molecule has 0 spiro atoms. The third-order valence-electron chi connectivity index (χ3n) is 2.32. The number of nitrogens with zero attached hydrogens (tertiary/aromatic N) is 1. The Balaban J connectivity index is 2.70. The molecule has 13 heavy (non-hydrogen) atoms. The minimum absolute atomic E-state index is 1.33. The lowest BCUT2D eigenvalue weighted by molar-refractivity contribution is -0.643. The molecule has 0 fully saturated rings. The maximum atomic E-state index is 2.23. The lowest BCUT2D eigenvalue weighted by Crippen LogP contribution is -2.27. The average Bonchev–Trinajstić information content (AvgIpc) is 2.66. The van der Waals surface area contributed by atoms with Crippen molar-refractivity contribution in [2.75, 3.05) is 0 Å². The van der Waals surface area contributed by atoms with E-state index >= 15 is 0 Å². The van der Waals surface area contributed by atoms with E-state index in [0.717, 1.165) is 0 Å². The normalized spacial score (nSPS) is 11.5. The predicted molar refractivity (Wildman–Crippen MR) is 58.4 cm³/mol. The Morgan fingerprint density at radius 2 is 2.15 bits per heavy atom. The maximum Gasteiger partial charge on any atom is 0.223 e. The molecule has 3 aromatic rings. The van der Waals surface area contributed by atoms with Crippen LogP contribution in [0.2, 0.25) is 0 Å². The molecule has 3 aromatic heterocycles. The van der Waals surface area contributed by atoms with Gasteiger partial charge in [0, 0.05) is 10.8 Å². The van der Waals surface area contributed by atoms with Crippen molar-refractivity contribution in [1.82, 2.24) is 0 Å². The van der Waals surface area contributed by atoms with Crippen LogP contribution in [-0.2, 0) is 7.05 Å². The predicted octanol–water partition coefficient (Wildman–Crippen LogP) is 2.94. The first-order valence-electron chi connectivity index (χ1n) is 4.08. The number of aryl methyl sites for hydroxylation is 1. The fraction of sp³-hybridized carbons (Fsp3) is 0.100. The van der Waals surface area contributed by atoms with Crippen molar-refractivity contribution in [3.8, 4) is 0 Å². The molecular weight excluding hydrogens is 198 g/mol. The van der Waals surface area contributed by atoms with E-state index in [1.807, 2.05) is 0 Å². The molecule has 0 aromatic carbocycles. The second kappa shape index (κ2) is 2.53. The lowest BCUT2D eigenvalue weighted by atomic mass is 10.2. The third kappa shape index (κ3) is 0.943. The van der Waals surface area contributed by atoms with E-state index < -0.39 is 0 Å². The molecule has 0 unspecified atom stereocenters. The van der Waals surface area contributed by atoms with Crippen molar-refractivity contribution in [2.45, 2.75) is 0 Å². The number of fused-ring (bicyclic) bond motifs is 3. The zero-order chi connectivity index (χ0) is 8.84. The van der Waals surface area contributed by atoms with Crippen LogP contribution in [0.4, 0.5) is 0 Å². The first-order chi connectivity index (χ1) is 6.36. The van der Waals surface area contributed by atoms with Crippen LogP contribution in [0.3, 0.4) is 0 Å². The molecule has 1 nitrogen and oxygen atoms in total. The number of thiophene rings is 2. The summed E-state index contributed by atoms with van der Waals surface area (Å²) in [5.41, 5.74) is 1.33. The van der Waals surface area contributed by atoms with Gasteiger partial charge in [-0.3, -0.25) is 0 Å². The Kier molecular flexibility index (Phi) is 1.45. The monoisotopic (exact) mass is 206 g/mol. The Hall–Kier alpha value is -0.930. The summed E-state index contributed by atoms with van der Waals surface area (Å²) in [5, 5.41) is 9.35. The summed E-state index contributed by atoms with van der Waals surface area (Å²) < 4.78 is 3.57. The van der Waals surface area contributed by atoms with Gasteiger partial charge in [-0.25, -0.2) is 0 Å². The van der Waals surface area contributed by atoms with Gasteiger partial charge in [0.1, 0.15) is 7.05 Å². The van der Waals surface area contributed by atoms with Gasteiger partial charge in [0.25, 0.3) is 0 Å². The number of rotatable bonds is 0. The average molecular weight is 206 g/mol. The molecule has 0 saturated carbocycles. The minimum Gasteiger partial charge on any atom is -0.199 e. The zero-order valence-electron chi connectivity index (χ0n) is 7.15. The van der Waals surface area contributed by atoms with Gasteiger partial charge in [-0.1, -0.05) is 0 Å². The van der Waals surface area contributed by atoms with Crippen molar-refractivity contribution < 1.29 is 4.57 Å². The zero-order valence-corrected chi connectivity index (χ0v) is 8.78. The van der Waals surface area contributed by atoms with Crippen LogP contribution >= 0.6 is 22.7 Å². The summed E-state index contributed by atoms with van der Waals surface area (Å²) >= 11 is 3.57. The van der Waals surface area contributed by atoms with Crippen molar-refractivity contribution in [1.29, 1.82) is 0 Å². The fourth-order valence-electron chi connectivity index (χ4n) is 1.65. The molecule has 0 atom stereocenters. The molecule has 0 bridgehead atoms. The largest absolute Gasteiger partial charge is 0.223 e. The molecule has 0 saturated heterocycles.